The number of carbonyl (C=O) groups is 1. The second kappa shape index (κ2) is 9.73. The summed E-state index contributed by atoms with van der Waals surface area (Å²) in [5.41, 5.74) is -0.535. The molecule has 0 amide bonds. The average molecular weight is 520 g/mol. The number of halogens is 1. The van der Waals surface area contributed by atoms with Crippen LogP contribution in [0.4, 0.5) is 11.4 Å². The van der Waals surface area contributed by atoms with E-state index in [1.807, 2.05) is 0 Å². The minimum Gasteiger partial charge on any atom is -0.870 e. The van der Waals surface area contributed by atoms with Crippen LogP contribution in [0, 0.1) is 0 Å². The van der Waals surface area contributed by atoms with Crippen molar-refractivity contribution in [3.63, 3.8) is 0 Å². The first-order valence-electron chi connectivity index (χ1n) is 8.29. The second-order valence-corrected chi connectivity index (χ2v) is 7.80. The molecule has 0 unspecified atom stereocenters. The number of nitrogens with zero attached hydrogens (tertiary/aromatic N) is 2. The van der Waals surface area contributed by atoms with E-state index in [1.54, 1.807) is 31.2 Å². The molecular formula is C19H13ClN2O6SSr-2. The number of carboxylic acids is 1. The van der Waals surface area contributed by atoms with Crippen LogP contribution in [0.5, 0.6) is 5.75 Å². The van der Waals surface area contributed by atoms with Crippen molar-refractivity contribution in [2.24, 2.45) is 10.2 Å². The Morgan fingerprint density at radius 3 is 2.43 bits per heavy atom. The molecule has 30 heavy (non-hydrogen) atoms. The van der Waals surface area contributed by atoms with Gasteiger partial charge in [0, 0.05) is 55.9 Å². The summed E-state index contributed by atoms with van der Waals surface area (Å²) in [5.74, 6) is -2.31. The third-order valence-electron chi connectivity index (χ3n) is 4.24. The molecule has 3 rings (SSSR count). The molecule has 0 aliphatic rings. The zero-order valence-electron chi connectivity index (χ0n) is 15.6. The fourth-order valence-electron chi connectivity index (χ4n) is 2.81. The van der Waals surface area contributed by atoms with Gasteiger partial charge in [0.2, 0.25) is 0 Å². The number of hydrogen-bond donors (Lipinski definition) is 1. The largest absolute Gasteiger partial charge is 0.870 e. The molecule has 0 saturated heterocycles. The first-order valence-corrected chi connectivity index (χ1v) is 10.1. The summed E-state index contributed by atoms with van der Waals surface area (Å²) in [5, 5.41) is 30.3. The van der Waals surface area contributed by atoms with E-state index in [-0.39, 0.29) is 61.9 Å². The summed E-state index contributed by atoms with van der Waals surface area (Å²) in [4.78, 5) is 10.7. The molecule has 0 bridgehead atoms. The summed E-state index contributed by atoms with van der Waals surface area (Å²) in [7, 11) is -4.92. The van der Waals surface area contributed by atoms with Gasteiger partial charge < -0.3 is 14.8 Å². The summed E-state index contributed by atoms with van der Waals surface area (Å²) in [6, 6.07) is 9.96. The third-order valence-corrected chi connectivity index (χ3v) is 5.46. The Morgan fingerprint density at radius 1 is 1.17 bits per heavy atom. The van der Waals surface area contributed by atoms with Gasteiger partial charge in [-0.1, -0.05) is 48.5 Å². The molecule has 0 fully saturated rings. The van der Waals surface area contributed by atoms with Crippen LogP contribution in [0.1, 0.15) is 22.8 Å². The van der Waals surface area contributed by atoms with Crippen molar-refractivity contribution < 1.29 is 28.0 Å². The molecule has 3 aromatic rings. The first-order chi connectivity index (χ1) is 13.6. The topological polar surface area (TPSA) is 142 Å². The predicted molar refractivity (Wildman–Crippen MR) is 109 cm³/mol. The summed E-state index contributed by atoms with van der Waals surface area (Å²) in [6.45, 7) is 1.77. The van der Waals surface area contributed by atoms with E-state index in [9.17, 15) is 28.0 Å². The zero-order chi connectivity index (χ0) is 21.3. The second-order valence-electron chi connectivity index (χ2n) is 6.05. The fraction of sp³-hybridized carbons (Fsp3) is 0.105. The van der Waals surface area contributed by atoms with E-state index in [0.29, 0.717) is 22.8 Å². The quantitative estimate of drug-likeness (QED) is 0.308. The molecule has 11 heteroatoms. The molecule has 1 N–H and O–H groups in total. The molecule has 0 aromatic heterocycles. The SMILES string of the molecule is CCc1cc(N=Nc2c([O-])c(C(=O)O)cc3ccccc23)c(S(=O)(=O)[O-])cc1Cl.[Sr]. The maximum absolute atomic E-state index is 12.6. The maximum atomic E-state index is 12.6. The van der Waals surface area contributed by atoms with Gasteiger partial charge in [0.05, 0.1) is 16.1 Å². The Balaban J connectivity index is 0.00000320. The number of rotatable bonds is 5. The van der Waals surface area contributed by atoms with Crippen LogP contribution < -0.4 is 5.11 Å². The van der Waals surface area contributed by atoms with Crippen molar-refractivity contribution in [1.82, 2.24) is 0 Å². The minimum absolute atomic E-state index is 0. The van der Waals surface area contributed by atoms with Crippen LogP contribution in [-0.4, -0.2) is 69.5 Å². The smallest absolute Gasteiger partial charge is 0.335 e. The summed E-state index contributed by atoms with van der Waals surface area (Å²) >= 11 is 5.99. The normalized spacial score (nSPS) is 11.6. The molecule has 0 atom stereocenters. The summed E-state index contributed by atoms with van der Waals surface area (Å²) < 4.78 is 34.8. The van der Waals surface area contributed by atoms with Crippen molar-refractivity contribution in [2.45, 2.75) is 18.2 Å². The molecule has 152 valence electrons. The maximum Gasteiger partial charge on any atom is 0.335 e. The first kappa shape index (κ1) is 24.7. The molecule has 0 heterocycles. The van der Waals surface area contributed by atoms with Gasteiger partial charge >= 0.3 is 5.97 Å². The number of fused-ring (bicyclic) bond motifs is 1. The van der Waals surface area contributed by atoms with E-state index < -0.39 is 32.3 Å². The number of benzene rings is 3. The van der Waals surface area contributed by atoms with Crippen LogP contribution in [0.2, 0.25) is 5.02 Å². The van der Waals surface area contributed by atoms with Crippen LogP contribution >= 0.6 is 11.6 Å². The van der Waals surface area contributed by atoms with Crippen molar-refractivity contribution in [3.05, 3.63) is 58.6 Å². The standard InChI is InChI=1S/C19H15ClN2O6S.Sr/c1-2-10-8-15(16(9-14(10)20)29(26,27)28)21-22-17-12-6-4-3-5-11(12)7-13(18(17)23)19(24)25;/h3-9,23H,2H2,1H3,(H,24,25)(H,26,27,28);/p-2. The fourth-order valence-corrected chi connectivity index (χ4v) is 3.79. The zero-order valence-corrected chi connectivity index (χ0v) is 20.7. The summed E-state index contributed by atoms with van der Waals surface area (Å²) in [6.07, 6.45) is 0.435. The number of aryl methyl sites for hydroxylation is 1. The van der Waals surface area contributed by atoms with Crippen molar-refractivity contribution in [3.8, 4) is 5.75 Å². The molecule has 8 nitrogen and oxygen atoms in total. The van der Waals surface area contributed by atoms with E-state index in [4.69, 9.17) is 11.6 Å². The van der Waals surface area contributed by atoms with Gasteiger partial charge in [-0.3, -0.25) is 0 Å². The van der Waals surface area contributed by atoms with Gasteiger partial charge in [-0.25, -0.2) is 13.2 Å². The van der Waals surface area contributed by atoms with Gasteiger partial charge in [-0.15, -0.1) is 5.11 Å². The molecule has 0 spiro atoms. The average Bonchev–Trinajstić information content (AvgIpc) is 2.66. The van der Waals surface area contributed by atoms with Gasteiger partial charge in [-0.05, 0) is 35.6 Å². The molecule has 0 saturated carbocycles. The van der Waals surface area contributed by atoms with Gasteiger partial charge in [0.25, 0.3) is 0 Å². The van der Waals surface area contributed by atoms with Gasteiger partial charge in [-0.2, -0.15) is 5.11 Å². The molecular weight excluding hydrogens is 507 g/mol. The van der Waals surface area contributed by atoms with E-state index in [2.05, 4.69) is 10.2 Å². The van der Waals surface area contributed by atoms with E-state index in [0.717, 1.165) is 6.07 Å². The number of carboxylic acid groups (broad SMARTS) is 1. The molecule has 0 aliphatic heterocycles. The van der Waals surface area contributed by atoms with Gasteiger partial charge in [0.15, 0.2) is 0 Å². The Morgan fingerprint density at radius 2 is 1.83 bits per heavy atom. The van der Waals surface area contributed by atoms with Crippen molar-refractivity contribution >= 4 is 95.3 Å². The monoisotopic (exact) mass is 520 g/mol. The minimum atomic E-state index is -4.92. The number of hydrogen-bond acceptors (Lipinski definition) is 7. The van der Waals surface area contributed by atoms with Crippen molar-refractivity contribution in [2.75, 3.05) is 0 Å². The Hall–Kier alpha value is -1.53. The number of aromatic carboxylic acids is 1. The van der Waals surface area contributed by atoms with E-state index in [1.165, 1.54) is 12.1 Å². The molecule has 3 aromatic carbocycles. The van der Waals surface area contributed by atoms with Crippen LogP contribution in [0.15, 0.2) is 57.6 Å². The molecule has 0 aliphatic carbocycles. The predicted octanol–water partition coefficient (Wildman–Crippen LogP) is 3.77. The van der Waals surface area contributed by atoms with Crippen LogP contribution in [0.3, 0.4) is 0 Å². The van der Waals surface area contributed by atoms with Crippen LogP contribution in [0.25, 0.3) is 10.8 Å². The molecule has 2 radical (unpaired) electrons. The Bertz CT molecular complexity index is 1280. The third kappa shape index (κ3) is 5.02. The van der Waals surface area contributed by atoms with Crippen LogP contribution in [-0.2, 0) is 16.5 Å². The Labute approximate surface area is 214 Å². The van der Waals surface area contributed by atoms with Gasteiger partial charge in [0.1, 0.15) is 15.8 Å². The number of azo groups is 1. The van der Waals surface area contributed by atoms with Crippen molar-refractivity contribution in [1.29, 1.82) is 0 Å². The Kier molecular flexibility index (Phi) is 8.03. The van der Waals surface area contributed by atoms with E-state index >= 15 is 0 Å².